The molecule has 0 unspecified atom stereocenters. The van der Waals surface area contributed by atoms with Gasteiger partial charge < -0.3 is 4.74 Å². The third kappa shape index (κ3) is 7.41. The fourth-order valence-corrected chi connectivity index (χ4v) is 6.50. The number of rotatable bonds is 8. The minimum Gasteiger partial charge on any atom is -0.489 e. The van der Waals surface area contributed by atoms with E-state index in [9.17, 15) is 0 Å². The molecule has 47 heavy (non-hydrogen) atoms. The summed E-state index contributed by atoms with van der Waals surface area (Å²) < 4.78 is 6.31. The largest absolute Gasteiger partial charge is 0.489 e. The minimum atomic E-state index is -0.530. The van der Waals surface area contributed by atoms with Gasteiger partial charge in [-0.05, 0) is 84.9 Å². The third-order valence-corrected chi connectivity index (χ3v) is 9.68. The zero-order chi connectivity index (χ0) is 34.0. The van der Waals surface area contributed by atoms with E-state index in [1.54, 1.807) is 0 Å². The molecule has 0 aromatic heterocycles. The Balaban J connectivity index is 1.68. The zero-order valence-corrected chi connectivity index (χ0v) is 30.4. The summed E-state index contributed by atoms with van der Waals surface area (Å²) in [5.41, 5.74) is 11.2. The van der Waals surface area contributed by atoms with Gasteiger partial charge >= 0.3 is 0 Å². The lowest BCUT2D eigenvalue weighted by molar-refractivity contribution is 0.306. The minimum absolute atomic E-state index is 0.0692. The lowest BCUT2D eigenvalue weighted by atomic mass is 9.64. The molecular weight excluding hydrogens is 569 g/mol. The van der Waals surface area contributed by atoms with Crippen LogP contribution in [-0.4, -0.2) is 0 Å². The maximum Gasteiger partial charge on any atom is 0.119 e. The van der Waals surface area contributed by atoms with Gasteiger partial charge in [-0.25, -0.2) is 0 Å². The van der Waals surface area contributed by atoms with Crippen molar-refractivity contribution in [3.63, 3.8) is 0 Å². The molecule has 0 bridgehead atoms. The van der Waals surface area contributed by atoms with Crippen molar-refractivity contribution in [3.8, 4) is 5.75 Å². The Morgan fingerprint density at radius 2 is 0.638 bits per heavy atom. The molecule has 0 N–H and O–H groups in total. The highest BCUT2D eigenvalue weighted by atomic mass is 16.5. The predicted octanol–water partition coefficient (Wildman–Crippen LogP) is 12.1. The summed E-state index contributed by atoms with van der Waals surface area (Å²) in [6.45, 7) is 23.3. The van der Waals surface area contributed by atoms with Crippen LogP contribution in [0.1, 0.15) is 119 Å². The lowest BCUT2D eigenvalue weighted by Gasteiger charge is -2.38. The molecule has 0 aliphatic carbocycles. The molecule has 0 fully saturated rings. The number of benzene rings is 5. The van der Waals surface area contributed by atoms with Gasteiger partial charge in [0.15, 0.2) is 0 Å². The SMILES string of the molecule is CCc1ccc(COc2ccc(C(c3ccc(C(C)(C)C)cc3)(c3ccc(C(C)(C)C)cc3)c3ccc(C(C)(C)C)cc3)cc2)cc1. The second-order valence-electron chi connectivity index (χ2n) is 16.2. The van der Waals surface area contributed by atoms with Crippen LogP contribution < -0.4 is 4.74 Å². The molecule has 0 amide bonds. The first-order valence-corrected chi connectivity index (χ1v) is 17.3. The molecule has 1 nitrogen and oxygen atoms in total. The molecule has 1 heteroatoms. The Labute approximate surface area is 285 Å². The van der Waals surface area contributed by atoms with Crippen LogP contribution in [0.25, 0.3) is 0 Å². The Kier molecular flexibility index (Phi) is 9.61. The maximum atomic E-state index is 6.31. The Morgan fingerprint density at radius 3 is 0.936 bits per heavy atom. The van der Waals surface area contributed by atoms with E-state index in [1.807, 2.05) is 0 Å². The molecule has 0 aliphatic rings. The summed E-state index contributed by atoms with van der Waals surface area (Å²) in [6.07, 6.45) is 1.04. The monoisotopic (exact) mass is 622 g/mol. The number of hydrogen-bond donors (Lipinski definition) is 0. The molecule has 0 aliphatic heterocycles. The Bertz CT molecular complexity index is 1590. The van der Waals surface area contributed by atoms with Gasteiger partial charge in [0, 0.05) is 0 Å². The first-order valence-electron chi connectivity index (χ1n) is 17.3. The highest BCUT2D eigenvalue weighted by molar-refractivity contribution is 5.61. The lowest BCUT2D eigenvalue weighted by Crippen LogP contribution is -2.31. The third-order valence-electron chi connectivity index (χ3n) is 9.68. The molecular formula is C46H54O. The number of ether oxygens (including phenoxy) is 1. The number of hydrogen-bond acceptors (Lipinski definition) is 1. The van der Waals surface area contributed by atoms with E-state index >= 15 is 0 Å². The predicted molar refractivity (Wildman–Crippen MR) is 201 cm³/mol. The van der Waals surface area contributed by atoms with Crippen molar-refractivity contribution in [2.24, 2.45) is 0 Å². The molecule has 0 heterocycles. The van der Waals surface area contributed by atoms with Crippen molar-refractivity contribution in [2.75, 3.05) is 0 Å². The van der Waals surface area contributed by atoms with Crippen LogP contribution in [0.2, 0.25) is 0 Å². The average molecular weight is 623 g/mol. The van der Waals surface area contributed by atoms with Crippen molar-refractivity contribution in [3.05, 3.63) is 171 Å². The van der Waals surface area contributed by atoms with Crippen molar-refractivity contribution in [1.29, 1.82) is 0 Å². The molecule has 0 radical (unpaired) electrons. The van der Waals surface area contributed by atoms with Gasteiger partial charge in [0.2, 0.25) is 0 Å². The topological polar surface area (TPSA) is 9.23 Å². The van der Waals surface area contributed by atoms with Gasteiger partial charge in [-0.3, -0.25) is 0 Å². The standard InChI is InChI=1S/C46H54O/c1-11-33-12-14-34(15-13-33)32-47-42-30-28-41(29-31-42)46(38-22-16-35(17-23-38)43(2,3)4,39-24-18-36(19-25-39)44(5,6)7)40-26-20-37(21-27-40)45(8,9)10/h12-31H,11,32H2,1-10H3. The molecule has 0 saturated carbocycles. The highest BCUT2D eigenvalue weighted by Crippen LogP contribution is 2.47. The molecule has 5 aromatic carbocycles. The quantitative estimate of drug-likeness (QED) is 0.156. The zero-order valence-electron chi connectivity index (χ0n) is 30.4. The summed E-state index contributed by atoms with van der Waals surface area (Å²) >= 11 is 0. The van der Waals surface area contributed by atoms with Gasteiger partial charge in [-0.2, -0.15) is 0 Å². The van der Waals surface area contributed by atoms with Crippen molar-refractivity contribution < 1.29 is 4.74 Å². The fraction of sp³-hybridized carbons (Fsp3) is 0.348. The average Bonchev–Trinajstić information content (AvgIpc) is 3.04. The summed E-state index contributed by atoms with van der Waals surface area (Å²) in [7, 11) is 0. The summed E-state index contributed by atoms with van der Waals surface area (Å²) in [4.78, 5) is 0. The number of aryl methyl sites for hydroxylation is 1. The van der Waals surface area contributed by atoms with Crippen molar-refractivity contribution >= 4 is 0 Å². The molecule has 0 saturated heterocycles. The normalized spacial score (nSPS) is 12.6. The van der Waals surface area contributed by atoms with Crippen LogP contribution >= 0.6 is 0 Å². The van der Waals surface area contributed by atoms with Gasteiger partial charge in [0.1, 0.15) is 12.4 Å². The van der Waals surface area contributed by atoms with E-state index in [4.69, 9.17) is 4.74 Å². The van der Waals surface area contributed by atoms with Crippen LogP contribution in [0.5, 0.6) is 5.75 Å². The maximum absolute atomic E-state index is 6.31. The van der Waals surface area contributed by atoms with Crippen molar-refractivity contribution in [1.82, 2.24) is 0 Å². The van der Waals surface area contributed by atoms with E-state index in [0.29, 0.717) is 6.61 Å². The van der Waals surface area contributed by atoms with Crippen molar-refractivity contribution in [2.45, 2.75) is 104 Å². The van der Waals surface area contributed by atoms with Crippen LogP contribution in [0.3, 0.4) is 0 Å². The molecule has 0 spiro atoms. The first kappa shape index (κ1) is 34.2. The smallest absolute Gasteiger partial charge is 0.119 e. The second kappa shape index (κ2) is 13.2. The van der Waals surface area contributed by atoms with E-state index in [0.717, 1.165) is 12.2 Å². The first-order chi connectivity index (χ1) is 22.1. The van der Waals surface area contributed by atoms with Crippen LogP contribution in [0, 0.1) is 0 Å². The summed E-state index contributed by atoms with van der Waals surface area (Å²) in [6, 6.07) is 45.5. The van der Waals surface area contributed by atoms with E-state index in [1.165, 1.54) is 50.1 Å². The molecule has 244 valence electrons. The summed E-state index contributed by atoms with van der Waals surface area (Å²) in [5.74, 6) is 0.872. The second-order valence-corrected chi connectivity index (χ2v) is 16.2. The molecule has 5 aromatic rings. The molecule has 0 atom stereocenters. The fourth-order valence-electron chi connectivity index (χ4n) is 6.50. The summed E-state index contributed by atoms with van der Waals surface area (Å²) in [5, 5.41) is 0. The molecule has 5 rings (SSSR count). The van der Waals surface area contributed by atoms with E-state index in [2.05, 4.69) is 191 Å². The van der Waals surface area contributed by atoms with Gasteiger partial charge in [0.25, 0.3) is 0 Å². The Hall–Kier alpha value is -4.10. The van der Waals surface area contributed by atoms with Crippen LogP contribution in [0.15, 0.2) is 121 Å². The van der Waals surface area contributed by atoms with Crippen LogP contribution in [-0.2, 0) is 34.7 Å². The van der Waals surface area contributed by atoms with Gasteiger partial charge in [-0.15, -0.1) is 0 Å². The van der Waals surface area contributed by atoms with Gasteiger partial charge in [0.05, 0.1) is 5.41 Å². The van der Waals surface area contributed by atoms with Gasteiger partial charge in [-0.1, -0.05) is 178 Å². The van der Waals surface area contributed by atoms with E-state index in [-0.39, 0.29) is 16.2 Å². The Morgan fingerprint density at radius 1 is 0.362 bits per heavy atom. The van der Waals surface area contributed by atoms with Crippen LogP contribution in [0.4, 0.5) is 0 Å². The highest BCUT2D eigenvalue weighted by Gasteiger charge is 2.39. The van der Waals surface area contributed by atoms with E-state index < -0.39 is 5.41 Å².